The van der Waals surface area contributed by atoms with Gasteiger partial charge in [0.25, 0.3) is 0 Å². The van der Waals surface area contributed by atoms with Gasteiger partial charge in [0.15, 0.2) is 0 Å². The van der Waals surface area contributed by atoms with Gasteiger partial charge >= 0.3 is 0 Å². The molecule has 8 heteroatoms. The minimum Gasteiger partial charge on any atom is -0.383 e. The van der Waals surface area contributed by atoms with E-state index in [1.54, 1.807) is 0 Å². The van der Waals surface area contributed by atoms with Gasteiger partial charge in [-0.05, 0) is 87.1 Å². The summed E-state index contributed by atoms with van der Waals surface area (Å²) in [7, 11) is 0. The van der Waals surface area contributed by atoms with Gasteiger partial charge in [0.2, 0.25) is 0 Å². The molecule has 0 saturated carbocycles. The van der Waals surface area contributed by atoms with E-state index in [0.29, 0.717) is 11.7 Å². The molecule has 0 aliphatic carbocycles. The fourth-order valence-corrected chi connectivity index (χ4v) is 5.37. The zero-order chi connectivity index (χ0) is 32.2. The Morgan fingerprint density at radius 1 is 0.609 bits per heavy atom. The summed E-state index contributed by atoms with van der Waals surface area (Å²) in [6.45, 7) is 8.36. The van der Waals surface area contributed by atoms with Crippen LogP contribution >= 0.6 is 0 Å². The van der Waals surface area contributed by atoms with Crippen molar-refractivity contribution in [3.63, 3.8) is 0 Å². The van der Waals surface area contributed by atoms with Crippen molar-refractivity contribution in [2.75, 3.05) is 0 Å². The maximum Gasteiger partial charge on any atom is 0.138 e. The minimum atomic E-state index is 0.198. The van der Waals surface area contributed by atoms with Gasteiger partial charge in [0.05, 0.1) is 22.1 Å². The van der Waals surface area contributed by atoms with Crippen molar-refractivity contribution >= 4 is 33.7 Å². The number of amidine groups is 2. The second-order valence-electron chi connectivity index (χ2n) is 12.1. The average molecular weight is 611 g/mol. The molecule has 8 nitrogen and oxygen atoms in total. The summed E-state index contributed by atoms with van der Waals surface area (Å²) in [5, 5.41) is 0. The molecule has 6 aromatic rings. The van der Waals surface area contributed by atoms with Crippen LogP contribution in [0.5, 0.6) is 0 Å². The normalized spacial score (nSPS) is 13.8. The van der Waals surface area contributed by atoms with E-state index in [4.69, 9.17) is 21.4 Å². The first-order chi connectivity index (χ1) is 22.3. The lowest BCUT2D eigenvalue weighted by Gasteiger charge is -2.05. The molecule has 0 bridgehead atoms. The monoisotopic (exact) mass is 610 g/mol. The molecule has 6 N–H and O–H groups in total. The molecule has 0 aliphatic heterocycles. The molecular formula is C38H42N8. The van der Waals surface area contributed by atoms with Crippen LogP contribution in [0.15, 0.2) is 94.9 Å². The number of hydrogen-bond donors (Lipinski definition) is 4. The molecule has 2 aromatic heterocycles. The Morgan fingerprint density at radius 2 is 1.00 bits per heavy atom. The fraction of sp³-hybridized carbons (Fsp3) is 0.263. The Balaban J connectivity index is 1.09. The highest BCUT2D eigenvalue weighted by Crippen LogP contribution is 2.24. The molecular weight excluding hydrogens is 568 g/mol. The van der Waals surface area contributed by atoms with Crippen LogP contribution in [0, 0.1) is 0 Å². The first kappa shape index (κ1) is 30.8. The molecule has 0 fully saturated rings. The zero-order valence-corrected chi connectivity index (χ0v) is 27.0. The Bertz CT molecular complexity index is 1860. The van der Waals surface area contributed by atoms with E-state index in [1.807, 2.05) is 36.4 Å². The first-order valence-corrected chi connectivity index (χ1v) is 16.1. The summed E-state index contributed by atoms with van der Waals surface area (Å²) >= 11 is 0. The maximum atomic E-state index is 6.25. The van der Waals surface area contributed by atoms with Gasteiger partial charge in [-0.2, -0.15) is 0 Å². The molecule has 4 aromatic carbocycles. The summed E-state index contributed by atoms with van der Waals surface area (Å²) in [5.41, 5.74) is 22.7. The Morgan fingerprint density at radius 3 is 1.37 bits per heavy atom. The van der Waals surface area contributed by atoms with E-state index in [9.17, 15) is 0 Å². The number of nitrogens with one attached hydrogen (secondary N) is 2. The van der Waals surface area contributed by atoms with Gasteiger partial charge < -0.3 is 21.4 Å². The van der Waals surface area contributed by atoms with E-state index in [0.717, 1.165) is 81.7 Å². The summed E-state index contributed by atoms with van der Waals surface area (Å²) in [6, 6.07) is 29.7. The van der Waals surface area contributed by atoms with Crippen molar-refractivity contribution < 1.29 is 0 Å². The molecule has 2 heterocycles. The van der Waals surface area contributed by atoms with E-state index < -0.39 is 0 Å². The van der Waals surface area contributed by atoms with Crippen LogP contribution in [0.4, 0.5) is 0 Å². The number of benzene rings is 4. The molecule has 6 rings (SSSR count). The molecule has 2 unspecified atom stereocenters. The third kappa shape index (κ3) is 6.86. The number of rotatable bonds is 11. The smallest absolute Gasteiger partial charge is 0.138 e. The lowest BCUT2D eigenvalue weighted by Crippen LogP contribution is -2.16. The molecule has 0 radical (unpaired) electrons. The minimum absolute atomic E-state index is 0.198. The third-order valence-corrected chi connectivity index (χ3v) is 8.61. The van der Waals surface area contributed by atoms with Crippen LogP contribution in [-0.4, -0.2) is 43.7 Å². The van der Waals surface area contributed by atoms with Crippen LogP contribution in [0.3, 0.4) is 0 Å². The molecule has 2 atom stereocenters. The van der Waals surface area contributed by atoms with Crippen molar-refractivity contribution in [3.8, 4) is 22.8 Å². The van der Waals surface area contributed by atoms with Crippen LogP contribution in [0.1, 0.15) is 62.8 Å². The Kier molecular flexibility index (Phi) is 8.97. The number of nitrogens with two attached hydrogens (primary N) is 2. The number of aromatic amines is 2. The maximum absolute atomic E-state index is 6.25. The Labute approximate surface area is 270 Å². The third-order valence-electron chi connectivity index (χ3n) is 8.61. The number of hydrogen-bond acceptors (Lipinski definition) is 4. The molecule has 234 valence electrons. The standard InChI is InChI=1S/C38H42N8/c1-5-23(3)41-35(39)29-17-19-31-33(21-29)45-37(43-31)27-13-9-25(10-14-27)7-8-26-11-15-28(16-12-26)38-44-32-20-18-30(22-34(32)46-38)36(40)42-24(4)6-2/h9-24H,5-8H2,1-4H3,(H2,39,41)(H2,40,42)(H,43,45)(H,44,46). The predicted octanol–water partition coefficient (Wildman–Crippen LogP) is 7.57. The number of H-pyrrole nitrogens is 2. The predicted molar refractivity (Wildman–Crippen MR) is 191 cm³/mol. The van der Waals surface area contributed by atoms with Crippen LogP contribution in [0.25, 0.3) is 44.8 Å². The number of aliphatic imine (C=N–C) groups is 2. The number of aromatic nitrogens is 4. The second kappa shape index (κ2) is 13.4. The molecule has 0 spiro atoms. The highest BCUT2D eigenvalue weighted by molar-refractivity contribution is 6.01. The number of nitrogens with zero attached hydrogens (tertiary/aromatic N) is 4. The van der Waals surface area contributed by atoms with Crippen LogP contribution in [-0.2, 0) is 12.8 Å². The lowest BCUT2D eigenvalue weighted by atomic mass is 10.0. The van der Waals surface area contributed by atoms with Crippen molar-refractivity contribution in [2.24, 2.45) is 21.5 Å². The fourth-order valence-electron chi connectivity index (χ4n) is 5.37. The van der Waals surface area contributed by atoms with Gasteiger partial charge in [0, 0.05) is 34.3 Å². The first-order valence-electron chi connectivity index (χ1n) is 16.1. The van der Waals surface area contributed by atoms with Gasteiger partial charge in [-0.15, -0.1) is 0 Å². The van der Waals surface area contributed by atoms with Crippen molar-refractivity contribution in [3.05, 3.63) is 107 Å². The van der Waals surface area contributed by atoms with Crippen molar-refractivity contribution in [2.45, 2.75) is 65.5 Å². The van der Waals surface area contributed by atoms with Gasteiger partial charge in [-0.3, -0.25) is 9.98 Å². The molecule has 46 heavy (non-hydrogen) atoms. The largest absolute Gasteiger partial charge is 0.383 e. The molecule has 0 saturated heterocycles. The average Bonchev–Trinajstić information content (AvgIpc) is 3.71. The summed E-state index contributed by atoms with van der Waals surface area (Å²) in [5.74, 6) is 2.81. The Hall–Kier alpha value is -5.24. The van der Waals surface area contributed by atoms with E-state index >= 15 is 0 Å². The summed E-state index contributed by atoms with van der Waals surface area (Å²) in [6.07, 6.45) is 3.81. The zero-order valence-electron chi connectivity index (χ0n) is 27.0. The molecule has 0 amide bonds. The number of imidazole rings is 2. The number of aryl methyl sites for hydroxylation is 2. The highest BCUT2D eigenvalue weighted by atomic mass is 14.9. The number of fused-ring (bicyclic) bond motifs is 2. The van der Waals surface area contributed by atoms with E-state index in [1.165, 1.54) is 11.1 Å². The summed E-state index contributed by atoms with van der Waals surface area (Å²) in [4.78, 5) is 25.7. The van der Waals surface area contributed by atoms with Gasteiger partial charge in [-0.25, -0.2) is 9.97 Å². The van der Waals surface area contributed by atoms with E-state index in [-0.39, 0.29) is 12.1 Å². The van der Waals surface area contributed by atoms with Crippen molar-refractivity contribution in [1.82, 2.24) is 19.9 Å². The van der Waals surface area contributed by atoms with Gasteiger partial charge in [0.1, 0.15) is 23.3 Å². The van der Waals surface area contributed by atoms with Crippen molar-refractivity contribution in [1.29, 1.82) is 0 Å². The quantitative estimate of drug-likeness (QED) is 0.0889. The molecule has 0 aliphatic rings. The van der Waals surface area contributed by atoms with Crippen LogP contribution in [0.2, 0.25) is 0 Å². The van der Waals surface area contributed by atoms with Gasteiger partial charge in [-0.1, -0.05) is 62.4 Å². The summed E-state index contributed by atoms with van der Waals surface area (Å²) < 4.78 is 0. The topological polar surface area (TPSA) is 134 Å². The highest BCUT2D eigenvalue weighted by Gasteiger charge is 2.11. The second-order valence-corrected chi connectivity index (χ2v) is 12.1. The lowest BCUT2D eigenvalue weighted by molar-refractivity contribution is 0.716. The van der Waals surface area contributed by atoms with E-state index in [2.05, 4.69) is 96.2 Å². The SMILES string of the molecule is CCC(C)N=C(N)c1ccc2nc(-c3ccc(CCc4ccc(-c5nc6ccc(C(N)=NC(C)CC)cc6[nH]5)cc4)cc3)[nH]c2c1. The van der Waals surface area contributed by atoms with Crippen LogP contribution < -0.4 is 11.5 Å².